The summed E-state index contributed by atoms with van der Waals surface area (Å²) in [7, 11) is 0. The Labute approximate surface area is 101 Å². The van der Waals surface area contributed by atoms with Crippen molar-refractivity contribution in [1.29, 1.82) is 0 Å². The molecular formula is C12H17N3O2. The van der Waals surface area contributed by atoms with Gasteiger partial charge < -0.3 is 10.6 Å². The van der Waals surface area contributed by atoms with Crippen LogP contribution in [0.4, 0.5) is 0 Å². The Morgan fingerprint density at radius 1 is 1.24 bits per heavy atom. The molecule has 1 heterocycles. The van der Waals surface area contributed by atoms with Crippen molar-refractivity contribution in [3.05, 3.63) is 29.6 Å². The topological polar surface area (TPSA) is 71.1 Å². The third-order valence-electron chi connectivity index (χ3n) is 1.97. The van der Waals surface area contributed by atoms with Crippen molar-refractivity contribution >= 4 is 11.8 Å². The van der Waals surface area contributed by atoms with E-state index < -0.39 is 0 Å². The summed E-state index contributed by atoms with van der Waals surface area (Å²) in [4.78, 5) is 27.2. The average molecular weight is 235 g/mol. The summed E-state index contributed by atoms with van der Waals surface area (Å²) in [5, 5.41) is 5.36. The summed E-state index contributed by atoms with van der Waals surface area (Å²) in [5.74, 6) is -0.544. The standard InChI is InChI=1S/C12H17N3O2/c1-4-13-11(16)9-6-5-7-10(15-9)12(17)14-8(2)3/h5-8H,4H2,1-3H3,(H,13,16)(H,14,17). The van der Waals surface area contributed by atoms with Gasteiger partial charge in [0.25, 0.3) is 11.8 Å². The molecule has 0 aliphatic heterocycles. The molecule has 0 aromatic carbocycles. The number of pyridine rings is 1. The van der Waals surface area contributed by atoms with Gasteiger partial charge in [0.15, 0.2) is 0 Å². The molecule has 0 spiro atoms. The van der Waals surface area contributed by atoms with Crippen LogP contribution >= 0.6 is 0 Å². The first kappa shape index (κ1) is 13.2. The molecule has 0 saturated heterocycles. The van der Waals surface area contributed by atoms with Crippen molar-refractivity contribution < 1.29 is 9.59 Å². The molecule has 0 aliphatic rings. The smallest absolute Gasteiger partial charge is 0.270 e. The van der Waals surface area contributed by atoms with Gasteiger partial charge in [-0.2, -0.15) is 0 Å². The van der Waals surface area contributed by atoms with Gasteiger partial charge >= 0.3 is 0 Å². The van der Waals surface area contributed by atoms with Crippen LogP contribution in [0.15, 0.2) is 18.2 Å². The molecule has 0 radical (unpaired) electrons. The molecule has 17 heavy (non-hydrogen) atoms. The Kier molecular flexibility index (Phi) is 4.63. The molecule has 2 amide bonds. The highest BCUT2D eigenvalue weighted by Crippen LogP contribution is 2.00. The van der Waals surface area contributed by atoms with E-state index >= 15 is 0 Å². The van der Waals surface area contributed by atoms with Crippen LogP contribution in [0, 0.1) is 0 Å². The van der Waals surface area contributed by atoms with Crippen LogP contribution in [-0.2, 0) is 0 Å². The normalized spacial score (nSPS) is 10.1. The second-order valence-corrected chi connectivity index (χ2v) is 3.90. The number of carbonyl (C=O) groups is 2. The molecule has 1 aromatic rings. The van der Waals surface area contributed by atoms with E-state index in [0.717, 1.165) is 0 Å². The van der Waals surface area contributed by atoms with Gasteiger partial charge in [-0.1, -0.05) is 6.07 Å². The summed E-state index contributed by atoms with van der Waals surface area (Å²) in [5.41, 5.74) is 0.505. The van der Waals surface area contributed by atoms with Crippen molar-refractivity contribution in [2.45, 2.75) is 26.8 Å². The largest absolute Gasteiger partial charge is 0.351 e. The predicted molar refractivity (Wildman–Crippen MR) is 64.8 cm³/mol. The Hall–Kier alpha value is -1.91. The third kappa shape index (κ3) is 3.86. The zero-order valence-corrected chi connectivity index (χ0v) is 10.3. The maximum atomic E-state index is 11.7. The van der Waals surface area contributed by atoms with Crippen LogP contribution < -0.4 is 10.6 Å². The molecule has 2 N–H and O–H groups in total. The minimum absolute atomic E-state index is 0.0393. The quantitative estimate of drug-likeness (QED) is 0.816. The monoisotopic (exact) mass is 235 g/mol. The van der Waals surface area contributed by atoms with Gasteiger partial charge in [-0.3, -0.25) is 9.59 Å². The molecule has 0 aliphatic carbocycles. The van der Waals surface area contributed by atoms with E-state index in [2.05, 4.69) is 15.6 Å². The van der Waals surface area contributed by atoms with E-state index in [-0.39, 0.29) is 29.2 Å². The lowest BCUT2D eigenvalue weighted by molar-refractivity contribution is 0.0937. The van der Waals surface area contributed by atoms with Crippen LogP contribution in [0.3, 0.4) is 0 Å². The Bertz CT molecular complexity index is 416. The molecule has 0 bridgehead atoms. The van der Waals surface area contributed by atoms with E-state index in [0.29, 0.717) is 6.54 Å². The number of rotatable bonds is 4. The lowest BCUT2D eigenvalue weighted by Gasteiger charge is -2.08. The SMILES string of the molecule is CCNC(=O)c1cccc(C(=O)NC(C)C)n1. The fourth-order valence-electron chi connectivity index (χ4n) is 1.27. The first-order chi connectivity index (χ1) is 8.04. The minimum atomic E-state index is -0.272. The minimum Gasteiger partial charge on any atom is -0.351 e. The number of nitrogens with one attached hydrogen (secondary N) is 2. The summed E-state index contributed by atoms with van der Waals surface area (Å²) in [6.45, 7) is 6.09. The molecule has 92 valence electrons. The second kappa shape index (κ2) is 5.98. The van der Waals surface area contributed by atoms with Gasteiger partial charge in [-0.05, 0) is 32.9 Å². The molecule has 0 fully saturated rings. The first-order valence-electron chi connectivity index (χ1n) is 5.60. The van der Waals surface area contributed by atoms with Gasteiger partial charge in [-0.25, -0.2) is 4.98 Å². The van der Waals surface area contributed by atoms with Crippen LogP contribution in [0.1, 0.15) is 41.7 Å². The Balaban J connectivity index is 2.85. The number of nitrogens with zero attached hydrogens (tertiary/aromatic N) is 1. The molecule has 0 unspecified atom stereocenters. The maximum Gasteiger partial charge on any atom is 0.270 e. The third-order valence-corrected chi connectivity index (χ3v) is 1.97. The highest BCUT2D eigenvalue weighted by Gasteiger charge is 2.12. The van der Waals surface area contributed by atoms with Crippen molar-refractivity contribution in [1.82, 2.24) is 15.6 Å². The van der Waals surface area contributed by atoms with E-state index in [1.165, 1.54) is 0 Å². The summed E-state index contributed by atoms with van der Waals surface area (Å²) >= 11 is 0. The summed E-state index contributed by atoms with van der Waals surface area (Å²) in [6.07, 6.45) is 0. The summed E-state index contributed by atoms with van der Waals surface area (Å²) in [6, 6.07) is 4.85. The molecule has 0 atom stereocenters. The van der Waals surface area contributed by atoms with Gasteiger partial charge in [0.2, 0.25) is 0 Å². The number of hydrogen-bond acceptors (Lipinski definition) is 3. The number of amides is 2. The lowest BCUT2D eigenvalue weighted by atomic mass is 10.2. The van der Waals surface area contributed by atoms with E-state index in [1.807, 2.05) is 20.8 Å². The van der Waals surface area contributed by atoms with E-state index in [9.17, 15) is 9.59 Å². The zero-order chi connectivity index (χ0) is 12.8. The van der Waals surface area contributed by atoms with Crippen LogP contribution in [-0.4, -0.2) is 29.4 Å². The maximum absolute atomic E-state index is 11.7. The second-order valence-electron chi connectivity index (χ2n) is 3.90. The van der Waals surface area contributed by atoms with Crippen LogP contribution in [0.2, 0.25) is 0 Å². The van der Waals surface area contributed by atoms with Crippen molar-refractivity contribution in [2.75, 3.05) is 6.54 Å². The first-order valence-corrected chi connectivity index (χ1v) is 5.60. The van der Waals surface area contributed by atoms with Crippen molar-refractivity contribution in [3.63, 3.8) is 0 Å². The predicted octanol–water partition coefficient (Wildman–Crippen LogP) is 0.970. The Morgan fingerprint density at radius 2 is 1.82 bits per heavy atom. The summed E-state index contributed by atoms with van der Waals surface area (Å²) < 4.78 is 0. The lowest BCUT2D eigenvalue weighted by Crippen LogP contribution is -2.31. The molecule has 1 rings (SSSR count). The van der Waals surface area contributed by atoms with Crippen molar-refractivity contribution in [2.24, 2.45) is 0 Å². The van der Waals surface area contributed by atoms with Crippen LogP contribution in [0.5, 0.6) is 0 Å². The number of aromatic nitrogens is 1. The molecule has 1 aromatic heterocycles. The van der Waals surface area contributed by atoms with Crippen LogP contribution in [0.25, 0.3) is 0 Å². The number of hydrogen-bond donors (Lipinski definition) is 2. The molecule has 5 heteroatoms. The van der Waals surface area contributed by atoms with E-state index in [1.54, 1.807) is 18.2 Å². The molecular weight excluding hydrogens is 218 g/mol. The molecule has 5 nitrogen and oxygen atoms in total. The van der Waals surface area contributed by atoms with Gasteiger partial charge in [0, 0.05) is 12.6 Å². The van der Waals surface area contributed by atoms with Gasteiger partial charge in [-0.15, -0.1) is 0 Å². The number of carbonyl (C=O) groups excluding carboxylic acids is 2. The zero-order valence-electron chi connectivity index (χ0n) is 10.3. The Morgan fingerprint density at radius 3 is 2.35 bits per heavy atom. The highest BCUT2D eigenvalue weighted by atomic mass is 16.2. The fourth-order valence-corrected chi connectivity index (χ4v) is 1.27. The van der Waals surface area contributed by atoms with Gasteiger partial charge in [0.05, 0.1) is 0 Å². The van der Waals surface area contributed by atoms with Gasteiger partial charge in [0.1, 0.15) is 11.4 Å². The van der Waals surface area contributed by atoms with E-state index in [4.69, 9.17) is 0 Å². The highest BCUT2D eigenvalue weighted by molar-refractivity contribution is 5.96. The molecule has 0 saturated carbocycles. The fraction of sp³-hybridized carbons (Fsp3) is 0.417. The van der Waals surface area contributed by atoms with Crippen molar-refractivity contribution in [3.8, 4) is 0 Å². The average Bonchev–Trinajstić information content (AvgIpc) is 2.28.